The van der Waals surface area contributed by atoms with Crippen molar-refractivity contribution in [2.24, 2.45) is 5.41 Å². The fourth-order valence-corrected chi connectivity index (χ4v) is 3.15. The number of nitrogens with zero attached hydrogens (tertiary/aromatic N) is 2. The van der Waals surface area contributed by atoms with Crippen LogP contribution in [0.5, 0.6) is 5.75 Å². The number of ether oxygens (including phenoxy) is 1. The molecule has 4 nitrogen and oxygen atoms in total. The van der Waals surface area contributed by atoms with Gasteiger partial charge in [0.1, 0.15) is 11.8 Å². The molecule has 1 aromatic carbocycles. The van der Waals surface area contributed by atoms with E-state index in [-0.39, 0.29) is 5.41 Å². The molecule has 0 radical (unpaired) electrons. The average molecular weight is 272 g/mol. The summed E-state index contributed by atoms with van der Waals surface area (Å²) in [6.07, 6.45) is 4.14. The van der Waals surface area contributed by atoms with Gasteiger partial charge < -0.3 is 10.5 Å². The molecule has 106 valence electrons. The lowest BCUT2D eigenvalue weighted by atomic mass is 9.74. The van der Waals surface area contributed by atoms with Crippen molar-refractivity contribution in [2.45, 2.75) is 32.7 Å². The smallest absolute Gasteiger partial charge is 0.119 e. The standard InChI is InChI=1S/C16H21N3O/c1-16(2)8-14(17)13-10-18-19(15(13)9-16)11-4-6-12(20-3)7-5-11/h4-7,10,14H,8-9,17H2,1-3H3/p+1/t14-/m0/s1. The van der Waals surface area contributed by atoms with E-state index in [9.17, 15) is 0 Å². The van der Waals surface area contributed by atoms with Crippen molar-refractivity contribution in [3.63, 3.8) is 0 Å². The molecule has 20 heavy (non-hydrogen) atoms. The summed E-state index contributed by atoms with van der Waals surface area (Å²) < 4.78 is 7.26. The summed E-state index contributed by atoms with van der Waals surface area (Å²) in [6.45, 7) is 4.61. The van der Waals surface area contributed by atoms with Crippen LogP contribution in [-0.4, -0.2) is 16.9 Å². The Kier molecular flexibility index (Phi) is 3.05. The van der Waals surface area contributed by atoms with Gasteiger partial charge in [0.25, 0.3) is 0 Å². The Balaban J connectivity index is 2.03. The largest absolute Gasteiger partial charge is 0.497 e. The lowest BCUT2D eigenvalue weighted by Gasteiger charge is -2.32. The fourth-order valence-electron chi connectivity index (χ4n) is 3.15. The molecule has 1 aromatic heterocycles. The van der Waals surface area contributed by atoms with Crippen LogP contribution in [0.3, 0.4) is 0 Å². The summed E-state index contributed by atoms with van der Waals surface area (Å²) >= 11 is 0. The summed E-state index contributed by atoms with van der Waals surface area (Å²) in [4.78, 5) is 0. The number of rotatable bonds is 2. The molecule has 4 heteroatoms. The van der Waals surface area contributed by atoms with Crippen molar-refractivity contribution < 1.29 is 10.5 Å². The Labute approximate surface area is 119 Å². The highest BCUT2D eigenvalue weighted by molar-refractivity contribution is 5.40. The first-order chi connectivity index (χ1) is 9.50. The van der Waals surface area contributed by atoms with Crippen LogP contribution >= 0.6 is 0 Å². The molecule has 0 saturated carbocycles. The normalized spacial score (nSPS) is 20.5. The Morgan fingerprint density at radius 2 is 2.00 bits per heavy atom. The minimum absolute atomic E-state index is 0.281. The first-order valence-electron chi connectivity index (χ1n) is 7.04. The first-order valence-corrected chi connectivity index (χ1v) is 7.04. The van der Waals surface area contributed by atoms with Gasteiger partial charge in [-0.15, -0.1) is 0 Å². The van der Waals surface area contributed by atoms with Crippen LogP contribution < -0.4 is 10.5 Å². The molecule has 0 aliphatic heterocycles. The second-order valence-electron chi connectivity index (χ2n) is 6.40. The number of methoxy groups -OCH3 is 1. The minimum atomic E-state index is 0.281. The van der Waals surface area contributed by atoms with E-state index >= 15 is 0 Å². The van der Waals surface area contributed by atoms with Gasteiger partial charge in [0, 0.05) is 6.42 Å². The van der Waals surface area contributed by atoms with E-state index in [2.05, 4.69) is 24.7 Å². The monoisotopic (exact) mass is 272 g/mol. The van der Waals surface area contributed by atoms with Gasteiger partial charge in [0.15, 0.2) is 0 Å². The molecule has 3 rings (SSSR count). The molecule has 0 saturated heterocycles. The fraction of sp³-hybridized carbons (Fsp3) is 0.438. The molecular weight excluding hydrogens is 250 g/mol. The van der Waals surface area contributed by atoms with E-state index in [0.29, 0.717) is 6.04 Å². The van der Waals surface area contributed by atoms with Gasteiger partial charge in [-0.05, 0) is 36.1 Å². The molecule has 0 amide bonds. The molecule has 3 N–H and O–H groups in total. The van der Waals surface area contributed by atoms with Crippen LogP contribution in [0.2, 0.25) is 0 Å². The molecule has 2 aromatic rings. The summed E-state index contributed by atoms with van der Waals surface area (Å²) in [5, 5.41) is 4.58. The Hall–Kier alpha value is -1.81. The van der Waals surface area contributed by atoms with Crippen molar-refractivity contribution >= 4 is 0 Å². The van der Waals surface area contributed by atoms with Crippen LogP contribution in [0.25, 0.3) is 5.69 Å². The third-order valence-corrected chi connectivity index (χ3v) is 4.10. The Morgan fingerprint density at radius 1 is 1.30 bits per heavy atom. The summed E-state index contributed by atoms with van der Waals surface area (Å²) in [5.41, 5.74) is 8.25. The second-order valence-corrected chi connectivity index (χ2v) is 6.40. The van der Waals surface area contributed by atoms with Crippen molar-refractivity contribution in [2.75, 3.05) is 7.11 Å². The topological polar surface area (TPSA) is 54.7 Å². The van der Waals surface area contributed by atoms with Gasteiger partial charge in [0.05, 0.1) is 30.3 Å². The Bertz CT molecular complexity index is 613. The maximum atomic E-state index is 5.21. The maximum Gasteiger partial charge on any atom is 0.119 e. The van der Waals surface area contributed by atoms with E-state index in [0.717, 1.165) is 24.3 Å². The summed E-state index contributed by atoms with van der Waals surface area (Å²) in [6, 6.07) is 8.37. The van der Waals surface area contributed by atoms with Crippen molar-refractivity contribution in [3.05, 3.63) is 41.7 Å². The quantitative estimate of drug-likeness (QED) is 0.910. The second kappa shape index (κ2) is 4.63. The van der Waals surface area contributed by atoms with E-state index < -0.39 is 0 Å². The zero-order valence-corrected chi connectivity index (χ0v) is 12.4. The van der Waals surface area contributed by atoms with Crippen LogP contribution in [0.15, 0.2) is 30.5 Å². The van der Waals surface area contributed by atoms with Crippen LogP contribution in [0.4, 0.5) is 0 Å². The number of benzene rings is 1. The lowest BCUT2D eigenvalue weighted by molar-refractivity contribution is -0.433. The van der Waals surface area contributed by atoms with Crippen molar-refractivity contribution in [1.82, 2.24) is 9.78 Å². The van der Waals surface area contributed by atoms with Crippen LogP contribution in [0.1, 0.15) is 37.6 Å². The molecule has 0 fully saturated rings. The summed E-state index contributed by atoms with van der Waals surface area (Å²) in [5.74, 6) is 0.866. The highest BCUT2D eigenvalue weighted by Crippen LogP contribution is 2.39. The average Bonchev–Trinajstić information content (AvgIpc) is 2.81. The zero-order chi connectivity index (χ0) is 14.3. The van der Waals surface area contributed by atoms with Crippen LogP contribution in [-0.2, 0) is 6.42 Å². The number of aromatic nitrogens is 2. The van der Waals surface area contributed by atoms with Crippen molar-refractivity contribution in [1.29, 1.82) is 0 Å². The van der Waals surface area contributed by atoms with Crippen molar-refractivity contribution in [3.8, 4) is 11.4 Å². The zero-order valence-electron chi connectivity index (χ0n) is 12.4. The molecule has 1 atom stereocenters. The van der Waals surface area contributed by atoms with Gasteiger partial charge in [-0.1, -0.05) is 13.8 Å². The summed E-state index contributed by atoms with van der Waals surface area (Å²) in [7, 11) is 1.68. The van der Waals surface area contributed by atoms with Gasteiger partial charge in [-0.3, -0.25) is 0 Å². The van der Waals surface area contributed by atoms with E-state index in [1.807, 2.05) is 35.1 Å². The van der Waals surface area contributed by atoms with Gasteiger partial charge >= 0.3 is 0 Å². The third-order valence-electron chi connectivity index (χ3n) is 4.10. The molecule has 1 aliphatic carbocycles. The number of hydrogen-bond acceptors (Lipinski definition) is 2. The highest BCUT2D eigenvalue weighted by atomic mass is 16.5. The number of fused-ring (bicyclic) bond motifs is 1. The van der Waals surface area contributed by atoms with Crippen LogP contribution in [0, 0.1) is 5.41 Å². The molecular formula is C16H22N3O+. The Morgan fingerprint density at radius 3 is 2.65 bits per heavy atom. The van der Waals surface area contributed by atoms with Gasteiger partial charge in [0.2, 0.25) is 0 Å². The predicted octanol–water partition coefficient (Wildman–Crippen LogP) is 2.14. The molecule has 0 unspecified atom stereocenters. The molecule has 0 spiro atoms. The maximum absolute atomic E-state index is 5.21. The molecule has 1 aliphatic rings. The first kappa shape index (κ1) is 13.2. The van der Waals surface area contributed by atoms with E-state index in [4.69, 9.17) is 4.74 Å². The minimum Gasteiger partial charge on any atom is -0.497 e. The van der Waals surface area contributed by atoms with E-state index in [1.54, 1.807) is 7.11 Å². The van der Waals surface area contributed by atoms with Gasteiger partial charge in [-0.2, -0.15) is 5.10 Å². The predicted molar refractivity (Wildman–Crippen MR) is 77.8 cm³/mol. The SMILES string of the molecule is COc1ccc(-n2ncc3c2CC(C)(C)C[C@@H]3[NH3+])cc1. The highest BCUT2D eigenvalue weighted by Gasteiger charge is 2.35. The third kappa shape index (κ3) is 2.20. The molecule has 1 heterocycles. The molecule has 0 bridgehead atoms. The number of hydrogen-bond donors (Lipinski definition) is 1. The number of quaternary nitrogens is 1. The lowest BCUT2D eigenvalue weighted by Crippen LogP contribution is -2.56. The van der Waals surface area contributed by atoms with Gasteiger partial charge in [-0.25, -0.2) is 4.68 Å². The van der Waals surface area contributed by atoms with E-state index in [1.165, 1.54) is 11.3 Å².